The monoisotopic (exact) mass is 395 g/mol. The molecule has 0 heterocycles. The molecule has 112 valence electrons. The fraction of sp³-hybridized carbons (Fsp3) is 0.0769. The third-order valence-electron chi connectivity index (χ3n) is 2.64. The number of nitrogens with one attached hydrogen (secondary N) is 1. The predicted octanol–water partition coefficient (Wildman–Crippen LogP) is 3.86. The smallest absolute Gasteiger partial charge is 0.207 e. The fourth-order valence-electron chi connectivity index (χ4n) is 1.61. The van der Waals surface area contributed by atoms with Crippen molar-refractivity contribution in [3.05, 3.63) is 63.1 Å². The molecule has 2 aromatic rings. The maximum Gasteiger partial charge on any atom is 0.242 e. The van der Waals surface area contributed by atoms with Crippen molar-refractivity contribution < 1.29 is 17.2 Å². The van der Waals surface area contributed by atoms with Crippen molar-refractivity contribution in [3.8, 4) is 0 Å². The van der Waals surface area contributed by atoms with Crippen molar-refractivity contribution in [2.24, 2.45) is 0 Å². The van der Waals surface area contributed by atoms with Crippen LogP contribution in [-0.2, 0) is 16.6 Å². The molecule has 0 aliphatic heterocycles. The van der Waals surface area contributed by atoms with Crippen LogP contribution in [0.5, 0.6) is 0 Å². The van der Waals surface area contributed by atoms with Crippen LogP contribution in [0.25, 0.3) is 0 Å². The number of hydrogen-bond acceptors (Lipinski definition) is 2. The highest BCUT2D eigenvalue weighted by atomic mass is 79.9. The SMILES string of the molecule is O=S(=O)(NCc1cc(Br)ccc1F)c1cc(F)ccc1Cl. The van der Waals surface area contributed by atoms with Gasteiger partial charge in [-0.25, -0.2) is 21.9 Å². The summed E-state index contributed by atoms with van der Waals surface area (Å²) in [4.78, 5) is -0.389. The number of benzene rings is 2. The van der Waals surface area contributed by atoms with Gasteiger partial charge in [-0.05, 0) is 36.4 Å². The van der Waals surface area contributed by atoms with Gasteiger partial charge >= 0.3 is 0 Å². The van der Waals surface area contributed by atoms with Crippen LogP contribution in [-0.4, -0.2) is 8.42 Å². The Bertz CT molecular complexity index is 784. The quantitative estimate of drug-likeness (QED) is 0.853. The van der Waals surface area contributed by atoms with Gasteiger partial charge < -0.3 is 0 Å². The molecule has 0 aromatic heterocycles. The molecule has 2 aromatic carbocycles. The van der Waals surface area contributed by atoms with E-state index < -0.39 is 21.7 Å². The molecular formula is C13H9BrClF2NO2S. The molecule has 0 unspecified atom stereocenters. The van der Waals surface area contributed by atoms with Gasteiger partial charge in [0.15, 0.2) is 0 Å². The Morgan fingerprint density at radius 1 is 1.14 bits per heavy atom. The summed E-state index contributed by atoms with van der Waals surface area (Å²) in [5, 5.41) is -0.112. The van der Waals surface area contributed by atoms with Gasteiger partial charge in [0.25, 0.3) is 0 Å². The van der Waals surface area contributed by atoms with E-state index in [-0.39, 0.29) is 22.0 Å². The minimum Gasteiger partial charge on any atom is -0.207 e. The van der Waals surface area contributed by atoms with Crippen LogP contribution in [0.15, 0.2) is 45.8 Å². The Morgan fingerprint density at radius 2 is 1.86 bits per heavy atom. The lowest BCUT2D eigenvalue weighted by molar-refractivity contribution is 0.571. The van der Waals surface area contributed by atoms with Gasteiger partial charge in [0.1, 0.15) is 16.5 Å². The van der Waals surface area contributed by atoms with E-state index in [9.17, 15) is 17.2 Å². The minimum absolute atomic E-state index is 0.112. The number of hydrogen-bond donors (Lipinski definition) is 1. The van der Waals surface area contributed by atoms with E-state index in [1.165, 1.54) is 18.2 Å². The zero-order valence-corrected chi connectivity index (χ0v) is 13.6. The molecule has 2 rings (SSSR count). The zero-order chi connectivity index (χ0) is 15.6. The molecule has 0 amide bonds. The molecule has 0 aliphatic rings. The first-order chi connectivity index (χ1) is 9.79. The van der Waals surface area contributed by atoms with Crippen LogP contribution in [0.4, 0.5) is 8.78 Å². The summed E-state index contributed by atoms with van der Waals surface area (Å²) in [6, 6.07) is 7.16. The van der Waals surface area contributed by atoms with Gasteiger partial charge in [0.05, 0.1) is 5.02 Å². The van der Waals surface area contributed by atoms with E-state index >= 15 is 0 Å². The fourth-order valence-corrected chi connectivity index (χ4v) is 3.54. The Kier molecular flexibility index (Phi) is 4.98. The lowest BCUT2D eigenvalue weighted by atomic mass is 10.2. The second kappa shape index (κ2) is 6.39. The predicted molar refractivity (Wildman–Crippen MR) is 79.5 cm³/mol. The standard InChI is InChI=1S/C13H9BrClF2NO2S/c14-9-1-4-12(17)8(5-9)7-18-21(19,20)13-6-10(16)2-3-11(13)15/h1-6,18H,7H2. The Labute approximate surface area is 134 Å². The average Bonchev–Trinajstić information content (AvgIpc) is 2.42. The maximum atomic E-state index is 13.5. The first-order valence-corrected chi connectivity index (χ1v) is 8.33. The topological polar surface area (TPSA) is 46.2 Å². The lowest BCUT2D eigenvalue weighted by Crippen LogP contribution is -2.24. The van der Waals surface area contributed by atoms with E-state index in [0.29, 0.717) is 4.47 Å². The number of rotatable bonds is 4. The number of sulfonamides is 1. The van der Waals surface area contributed by atoms with Gasteiger partial charge in [-0.1, -0.05) is 27.5 Å². The van der Waals surface area contributed by atoms with Gasteiger partial charge in [-0.3, -0.25) is 0 Å². The molecule has 1 N–H and O–H groups in total. The van der Waals surface area contributed by atoms with Gasteiger partial charge in [0.2, 0.25) is 10.0 Å². The van der Waals surface area contributed by atoms with Crippen LogP contribution in [0, 0.1) is 11.6 Å². The molecule has 0 saturated heterocycles. The van der Waals surface area contributed by atoms with Gasteiger partial charge in [-0.2, -0.15) is 0 Å². The molecule has 21 heavy (non-hydrogen) atoms. The van der Waals surface area contributed by atoms with E-state index in [1.54, 1.807) is 0 Å². The van der Waals surface area contributed by atoms with Crippen molar-refractivity contribution in [3.63, 3.8) is 0 Å². The zero-order valence-electron chi connectivity index (χ0n) is 10.4. The molecule has 0 fully saturated rings. The molecular weight excluding hydrogens is 388 g/mol. The normalized spacial score (nSPS) is 11.6. The summed E-state index contributed by atoms with van der Waals surface area (Å²) < 4.78 is 53.6. The highest BCUT2D eigenvalue weighted by molar-refractivity contribution is 9.10. The third-order valence-corrected chi connectivity index (χ3v) is 5.02. The Hall–Kier alpha value is -1.02. The molecule has 0 saturated carbocycles. The van der Waals surface area contributed by atoms with E-state index in [4.69, 9.17) is 11.6 Å². The van der Waals surface area contributed by atoms with Gasteiger partial charge in [-0.15, -0.1) is 0 Å². The second-order valence-electron chi connectivity index (χ2n) is 4.14. The summed E-state index contributed by atoms with van der Waals surface area (Å²) in [7, 11) is -4.05. The highest BCUT2D eigenvalue weighted by Gasteiger charge is 2.19. The summed E-state index contributed by atoms with van der Waals surface area (Å²) in [6.07, 6.45) is 0. The molecule has 0 atom stereocenters. The molecule has 8 heteroatoms. The average molecular weight is 397 g/mol. The summed E-state index contributed by atoms with van der Waals surface area (Å²) in [5.41, 5.74) is 0.153. The number of halogens is 4. The molecule has 0 bridgehead atoms. The second-order valence-corrected chi connectivity index (χ2v) is 7.19. The van der Waals surface area contributed by atoms with Crippen molar-refractivity contribution in [2.75, 3.05) is 0 Å². The van der Waals surface area contributed by atoms with Crippen LogP contribution >= 0.6 is 27.5 Å². The summed E-state index contributed by atoms with van der Waals surface area (Å²) in [5.74, 6) is -1.28. The van der Waals surface area contributed by atoms with Crippen LogP contribution in [0.3, 0.4) is 0 Å². The maximum absolute atomic E-state index is 13.5. The first-order valence-electron chi connectivity index (χ1n) is 5.68. The van der Waals surface area contributed by atoms with Crippen molar-refractivity contribution in [1.82, 2.24) is 4.72 Å². The van der Waals surface area contributed by atoms with Crippen LogP contribution in [0.1, 0.15) is 5.56 Å². The van der Waals surface area contributed by atoms with E-state index in [1.807, 2.05) is 0 Å². The third kappa shape index (κ3) is 4.00. The van der Waals surface area contributed by atoms with Crippen molar-refractivity contribution in [2.45, 2.75) is 11.4 Å². The Morgan fingerprint density at radius 3 is 2.57 bits per heavy atom. The summed E-state index contributed by atoms with van der Waals surface area (Å²) >= 11 is 8.92. The molecule has 0 radical (unpaired) electrons. The van der Waals surface area contributed by atoms with E-state index in [2.05, 4.69) is 20.7 Å². The molecule has 0 aliphatic carbocycles. The molecule has 0 spiro atoms. The van der Waals surface area contributed by atoms with Crippen LogP contribution < -0.4 is 4.72 Å². The van der Waals surface area contributed by atoms with Crippen molar-refractivity contribution in [1.29, 1.82) is 0 Å². The van der Waals surface area contributed by atoms with Gasteiger partial charge in [0, 0.05) is 16.6 Å². The molecule has 3 nitrogen and oxygen atoms in total. The minimum atomic E-state index is -4.05. The highest BCUT2D eigenvalue weighted by Crippen LogP contribution is 2.22. The Balaban J connectivity index is 2.26. The van der Waals surface area contributed by atoms with E-state index in [0.717, 1.165) is 18.2 Å². The first kappa shape index (κ1) is 16.4. The largest absolute Gasteiger partial charge is 0.242 e. The van der Waals surface area contributed by atoms with Crippen LogP contribution in [0.2, 0.25) is 5.02 Å². The summed E-state index contributed by atoms with van der Waals surface area (Å²) in [6.45, 7) is -0.277. The lowest BCUT2D eigenvalue weighted by Gasteiger charge is -2.09. The van der Waals surface area contributed by atoms with Crippen molar-refractivity contribution >= 4 is 37.6 Å².